The van der Waals surface area contributed by atoms with Crippen LogP contribution in [0.5, 0.6) is 11.5 Å². The van der Waals surface area contributed by atoms with E-state index in [0.29, 0.717) is 38.8 Å². The van der Waals surface area contributed by atoms with Crippen molar-refractivity contribution >= 4 is 51.9 Å². The van der Waals surface area contributed by atoms with Gasteiger partial charge in [0.1, 0.15) is 28.3 Å². The quantitative estimate of drug-likeness (QED) is 0.0489. The molecule has 2 aliphatic rings. The molecule has 2 aliphatic heterocycles. The summed E-state index contributed by atoms with van der Waals surface area (Å²) in [5.74, 6) is -2.74. The molecule has 0 aromatic heterocycles. The molecule has 16 nitrogen and oxygen atoms in total. The number of hydrogen-bond acceptors (Lipinski definition) is 13. The summed E-state index contributed by atoms with van der Waals surface area (Å²) in [4.78, 5) is 87.1. The number of carbonyl (C=O) groups is 3. The van der Waals surface area contributed by atoms with Gasteiger partial charge in [0.05, 0.1) is 34.9 Å². The van der Waals surface area contributed by atoms with Crippen LogP contribution in [0.2, 0.25) is 0 Å². The van der Waals surface area contributed by atoms with Crippen LogP contribution < -0.4 is 48.3 Å². The first-order valence-electron chi connectivity index (χ1n) is 20.6. The number of benzene rings is 4. The molecular weight excluding hydrogens is 809 g/mol. The van der Waals surface area contributed by atoms with E-state index in [-0.39, 0.29) is 86.9 Å². The van der Waals surface area contributed by atoms with Gasteiger partial charge in [-0.3, -0.25) is 28.8 Å². The van der Waals surface area contributed by atoms with Crippen LogP contribution in [0.15, 0.2) is 116 Å². The zero-order chi connectivity index (χ0) is 44.9. The van der Waals surface area contributed by atoms with Crippen molar-refractivity contribution in [3.63, 3.8) is 0 Å². The Kier molecular flexibility index (Phi) is 12.7. The number of piperidine rings is 1. The molecule has 324 valence electrons. The molecule has 2 unspecified atom stereocenters. The topological polar surface area (TPSA) is 244 Å². The van der Waals surface area contributed by atoms with Gasteiger partial charge in [0, 0.05) is 19.1 Å². The number of phenols is 2. The molecule has 0 radical (unpaired) electrons. The second-order valence-electron chi connectivity index (χ2n) is 15.3. The summed E-state index contributed by atoms with van der Waals surface area (Å²) >= 11 is 0. The highest BCUT2D eigenvalue weighted by Crippen LogP contribution is 2.37. The van der Waals surface area contributed by atoms with Gasteiger partial charge in [-0.2, -0.15) is 0 Å². The first kappa shape index (κ1) is 43.3. The van der Waals surface area contributed by atoms with Gasteiger partial charge in [0.15, 0.2) is 11.5 Å². The molecule has 16 heteroatoms. The average molecular weight is 855 g/mol. The summed E-state index contributed by atoms with van der Waals surface area (Å²) in [6.45, 7) is 4.87. The fraction of sp³-hybridized carbons (Fsp3) is 0.255. The molecule has 8 N–H and O–H groups in total. The predicted molar refractivity (Wildman–Crippen MR) is 239 cm³/mol. The van der Waals surface area contributed by atoms with Crippen molar-refractivity contribution in [2.75, 3.05) is 34.4 Å². The van der Waals surface area contributed by atoms with Gasteiger partial charge in [-0.25, -0.2) is 4.79 Å². The summed E-state index contributed by atoms with van der Waals surface area (Å²) in [6, 6.07) is 27.3. The third-order valence-electron chi connectivity index (χ3n) is 11.6. The highest BCUT2D eigenvalue weighted by molar-refractivity contribution is 6.00. The Balaban J connectivity index is 0.000000197. The highest BCUT2D eigenvalue weighted by atomic mass is 16.4. The predicted octanol–water partition coefficient (Wildman–Crippen LogP) is 5.64. The zero-order valence-corrected chi connectivity index (χ0v) is 34.4. The number of carboxylic acids is 1. The third kappa shape index (κ3) is 8.60. The van der Waals surface area contributed by atoms with Crippen LogP contribution in [0, 0.1) is 5.92 Å². The molecule has 2 fully saturated rings. The second-order valence-corrected chi connectivity index (χ2v) is 15.3. The number of phenolic OH excluding ortho intramolecular Hbond substituents is 1. The van der Waals surface area contributed by atoms with Crippen LogP contribution in [0.25, 0.3) is 0 Å². The van der Waals surface area contributed by atoms with E-state index in [1.165, 1.54) is 24.3 Å². The number of aromatic hydroxyl groups is 2. The summed E-state index contributed by atoms with van der Waals surface area (Å²) in [6.07, 6.45) is 2.62. The number of para-hydroxylation sites is 2. The molecule has 0 aliphatic carbocycles. The van der Waals surface area contributed by atoms with E-state index in [4.69, 9.17) is 5.11 Å². The lowest BCUT2D eigenvalue weighted by Gasteiger charge is -2.31. The summed E-state index contributed by atoms with van der Waals surface area (Å²) in [5.41, 5.74) is -0.432. The largest absolute Gasteiger partial charge is 0.505 e. The molecule has 63 heavy (non-hydrogen) atoms. The lowest BCUT2D eigenvalue weighted by atomic mass is 9.93. The Morgan fingerprint density at radius 1 is 0.635 bits per heavy atom. The Morgan fingerprint density at radius 2 is 1.10 bits per heavy atom. The average Bonchev–Trinajstić information content (AvgIpc) is 3.75. The summed E-state index contributed by atoms with van der Waals surface area (Å²) in [7, 11) is 0. The number of carboxylic acid groups (broad SMARTS) is 1. The van der Waals surface area contributed by atoms with Crippen molar-refractivity contribution in [2.24, 2.45) is 5.92 Å². The van der Waals surface area contributed by atoms with Gasteiger partial charge in [-0.15, -0.1) is 0 Å². The van der Waals surface area contributed by atoms with Crippen LogP contribution in [0.4, 0.5) is 34.1 Å². The fourth-order valence-corrected chi connectivity index (χ4v) is 8.16. The molecule has 4 atom stereocenters. The number of rotatable bonds is 14. The van der Waals surface area contributed by atoms with Crippen LogP contribution in [0.3, 0.4) is 0 Å². The highest BCUT2D eigenvalue weighted by Gasteiger charge is 2.43. The SMILES string of the molecule is CC[C@@H](Nc1c(Nc2cccc(C(=O)N3CCC4C(=O)NCCC43)c2O)c(=O)c1=O)c1ccccc1.CC[C@@H](Nc1c(Nc2cccc(C(=O)O)c2O)c(=O)c1=O)c1ccccc1. The molecule has 8 rings (SSSR count). The second kappa shape index (κ2) is 18.5. The van der Waals surface area contributed by atoms with E-state index in [1.807, 2.05) is 74.5 Å². The van der Waals surface area contributed by atoms with Gasteiger partial charge in [0.2, 0.25) is 5.91 Å². The van der Waals surface area contributed by atoms with Crippen molar-refractivity contribution < 1.29 is 29.7 Å². The molecular formula is C47H46N6O10. The number of carbonyl (C=O) groups excluding carboxylic acids is 2. The van der Waals surface area contributed by atoms with Crippen LogP contribution in [-0.2, 0) is 4.79 Å². The fourth-order valence-electron chi connectivity index (χ4n) is 8.16. The maximum atomic E-state index is 13.3. The van der Waals surface area contributed by atoms with Gasteiger partial charge in [-0.1, -0.05) is 86.6 Å². The molecule has 2 amide bonds. The van der Waals surface area contributed by atoms with Gasteiger partial charge >= 0.3 is 5.97 Å². The number of anilines is 6. The van der Waals surface area contributed by atoms with Gasteiger partial charge in [-0.05, 0) is 61.1 Å². The Hall–Kier alpha value is -7.75. The number of fused-ring (bicyclic) bond motifs is 1. The van der Waals surface area contributed by atoms with E-state index in [2.05, 4.69) is 26.6 Å². The maximum Gasteiger partial charge on any atom is 0.339 e. The van der Waals surface area contributed by atoms with Crippen molar-refractivity contribution in [2.45, 2.75) is 57.7 Å². The number of aromatic carboxylic acids is 1. The standard InChI is InChI=1S/C27H28N4O5.C20H18N2O5/c1-2-18(15-7-4-3-5-8-15)29-21-22(25(34)24(21)33)30-19-10-6-9-17(23(19)32)27(36)31-14-12-16-20(31)11-13-28-26(16)35;1-2-13(11-7-4-3-5-8-11)21-15-16(19(25)18(15)24)22-14-10-6-9-12(17(14)23)20(26)27/h3-10,16,18,20,29-30,32H,2,11-14H2,1H3,(H,28,35);3-10,13,21-23H,2H2,1H3,(H,26,27)/t16?,18-,20?;13-/m11/s1. The first-order chi connectivity index (χ1) is 30.3. The number of nitrogens with zero attached hydrogens (tertiary/aromatic N) is 1. The molecule has 0 saturated carbocycles. The maximum absolute atomic E-state index is 13.3. The van der Waals surface area contributed by atoms with Gasteiger partial charge < -0.3 is 46.8 Å². The van der Waals surface area contributed by atoms with E-state index < -0.39 is 33.4 Å². The lowest BCUT2D eigenvalue weighted by molar-refractivity contribution is -0.127. The Labute approximate surface area is 360 Å². The van der Waals surface area contributed by atoms with Crippen molar-refractivity contribution in [3.8, 4) is 11.5 Å². The monoisotopic (exact) mass is 854 g/mol. The van der Waals surface area contributed by atoms with Crippen LogP contribution in [0.1, 0.15) is 83.5 Å². The zero-order valence-electron chi connectivity index (χ0n) is 34.4. The lowest BCUT2D eigenvalue weighted by Crippen LogP contribution is -2.48. The Morgan fingerprint density at radius 3 is 1.57 bits per heavy atom. The van der Waals surface area contributed by atoms with Crippen LogP contribution in [-0.4, -0.2) is 57.1 Å². The van der Waals surface area contributed by atoms with E-state index in [1.54, 1.807) is 17.0 Å². The molecule has 6 aromatic carbocycles. The van der Waals surface area contributed by atoms with E-state index >= 15 is 0 Å². The van der Waals surface area contributed by atoms with E-state index in [0.717, 1.165) is 11.1 Å². The van der Waals surface area contributed by atoms with Crippen molar-refractivity contribution in [3.05, 3.63) is 160 Å². The molecule has 0 bridgehead atoms. The van der Waals surface area contributed by atoms with E-state index in [9.17, 15) is 43.8 Å². The van der Waals surface area contributed by atoms with Gasteiger partial charge in [0.25, 0.3) is 27.6 Å². The number of hydrogen-bond donors (Lipinski definition) is 8. The molecule has 2 heterocycles. The van der Waals surface area contributed by atoms with Crippen molar-refractivity contribution in [1.29, 1.82) is 0 Å². The third-order valence-corrected chi connectivity index (χ3v) is 11.6. The number of nitrogens with one attached hydrogen (secondary N) is 5. The number of amides is 2. The molecule has 2 saturated heterocycles. The Bertz CT molecular complexity index is 2810. The molecule has 0 spiro atoms. The normalized spacial score (nSPS) is 16.5. The van der Waals surface area contributed by atoms with Crippen LogP contribution >= 0.6 is 0 Å². The smallest absolute Gasteiger partial charge is 0.339 e. The minimum Gasteiger partial charge on any atom is -0.505 e. The minimum atomic E-state index is -1.30. The minimum absolute atomic E-state index is 0.00669. The van der Waals surface area contributed by atoms with Crippen molar-refractivity contribution in [1.82, 2.24) is 10.2 Å². The number of likely N-dealkylation sites (tertiary alicyclic amines) is 1. The first-order valence-corrected chi connectivity index (χ1v) is 20.6. The summed E-state index contributed by atoms with van der Waals surface area (Å²) in [5, 5.41) is 44.8. The summed E-state index contributed by atoms with van der Waals surface area (Å²) < 4.78 is 0. The molecule has 6 aromatic rings.